The van der Waals surface area contributed by atoms with Gasteiger partial charge >= 0.3 is 0 Å². The zero-order chi connectivity index (χ0) is 11.5. The maximum atomic E-state index is 13.0. The number of nitrogens with two attached hydrogens (primary N) is 1. The Morgan fingerprint density at radius 2 is 2.25 bits per heavy atom. The predicted octanol–water partition coefficient (Wildman–Crippen LogP) is 2.39. The van der Waals surface area contributed by atoms with E-state index >= 15 is 0 Å². The van der Waals surface area contributed by atoms with Crippen molar-refractivity contribution in [1.29, 1.82) is 0 Å². The van der Waals surface area contributed by atoms with E-state index in [9.17, 15) is 4.39 Å². The molecule has 0 aliphatic carbocycles. The van der Waals surface area contributed by atoms with Crippen molar-refractivity contribution in [2.75, 3.05) is 5.73 Å². The predicted molar refractivity (Wildman–Crippen MR) is 59.4 cm³/mol. The molecule has 0 aliphatic heterocycles. The second kappa shape index (κ2) is 4.52. The van der Waals surface area contributed by atoms with Gasteiger partial charge in [0.25, 0.3) is 5.22 Å². The number of nitrogen functional groups attached to an aromatic ring is 1. The fraction of sp³-hybridized carbons (Fsp3) is 0.200. The lowest BCUT2D eigenvalue weighted by Crippen LogP contribution is -1.93. The number of halogens is 1. The van der Waals surface area contributed by atoms with E-state index in [-0.39, 0.29) is 5.82 Å². The van der Waals surface area contributed by atoms with Crippen LogP contribution in [-0.4, -0.2) is 10.2 Å². The Bertz CT molecular complexity index is 501. The molecule has 6 heteroatoms. The van der Waals surface area contributed by atoms with Gasteiger partial charge in [-0.25, -0.2) is 4.39 Å². The first kappa shape index (κ1) is 10.9. The lowest BCUT2D eigenvalue weighted by Gasteiger charge is -2.03. The standard InChI is InChI=1S/C10H10FN3OS/c1-6-13-14-10(15-6)16-5-7-4-8(11)2-3-9(7)12/h2-4H,5,12H2,1H3. The van der Waals surface area contributed by atoms with E-state index in [0.717, 1.165) is 5.56 Å². The molecule has 2 N–H and O–H groups in total. The van der Waals surface area contributed by atoms with E-state index in [1.54, 1.807) is 13.0 Å². The number of hydrogen-bond acceptors (Lipinski definition) is 5. The van der Waals surface area contributed by atoms with Crippen molar-refractivity contribution in [3.05, 3.63) is 35.5 Å². The molecule has 0 aliphatic rings. The molecule has 2 rings (SSSR count). The zero-order valence-electron chi connectivity index (χ0n) is 8.61. The SMILES string of the molecule is Cc1nnc(SCc2cc(F)ccc2N)o1. The fourth-order valence-corrected chi connectivity index (χ4v) is 1.98. The first-order valence-electron chi connectivity index (χ1n) is 4.62. The average molecular weight is 239 g/mol. The van der Waals surface area contributed by atoms with Crippen LogP contribution in [0.15, 0.2) is 27.8 Å². The maximum Gasteiger partial charge on any atom is 0.276 e. The van der Waals surface area contributed by atoms with Gasteiger partial charge in [0.05, 0.1) is 0 Å². The van der Waals surface area contributed by atoms with Crippen LogP contribution in [0.5, 0.6) is 0 Å². The van der Waals surface area contributed by atoms with Gasteiger partial charge in [-0.2, -0.15) is 0 Å². The van der Waals surface area contributed by atoms with Crippen LogP contribution >= 0.6 is 11.8 Å². The molecule has 0 saturated heterocycles. The van der Waals surface area contributed by atoms with Crippen LogP contribution in [0, 0.1) is 12.7 Å². The van der Waals surface area contributed by atoms with Crippen LogP contribution in [-0.2, 0) is 5.75 Å². The van der Waals surface area contributed by atoms with Crippen molar-refractivity contribution in [3.63, 3.8) is 0 Å². The summed E-state index contributed by atoms with van der Waals surface area (Å²) in [5, 5.41) is 7.98. The minimum absolute atomic E-state index is 0.300. The topological polar surface area (TPSA) is 64.9 Å². The van der Waals surface area contributed by atoms with Crippen molar-refractivity contribution in [2.24, 2.45) is 0 Å². The van der Waals surface area contributed by atoms with E-state index < -0.39 is 0 Å². The summed E-state index contributed by atoms with van der Waals surface area (Å²) in [4.78, 5) is 0. The maximum absolute atomic E-state index is 13.0. The molecule has 0 amide bonds. The smallest absolute Gasteiger partial charge is 0.276 e. The highest BCUT2D eigenvalue weighted by Crippen LogP contribution is 2.24. The number of aryl methyl sites for hydroxylation is 1. The van der Waals surface area contributed by atoms with E-state index in [2.05, 4.69) is 10.2 Å². The lowest BCUT2D eigenvalue weighted by atomic mass is 10.2. The quantitative estimate of drug-likeness (QED) is 0.658. The average Bonchev–Trinajstić information content (AvgIpc) is 2.66. The molecule has 4 nitrogen and oxygen atoms in total. The summed E-state index contributed by atoms with van der Waals surface area (Å²) in [6.45, 7) is 1.72. The van der Waals surface area contributed by atoms with Crippen LogP contribution in [0.4, 0.5) is 10.1 Å². The van der Waals surface area contributed by atoms with E-state index in [0.29, 0.717) is 22.6 Å². The van der Waals surface area contributed by atoms with E-state index in [1.165, 1.54) is 23.9 Å². The molecule has 0 unspecified atom stereocenters. The molecule has 1 aromatic carbocycles. The molecule has 16 heavy (non-hydrogen) atoms. The summed E-state index contributed by atoms with van der Waals surface area (Å²) in [5.41, 5.74) is 7.00. The van der Waals surface area contributed by atoms with Crippen molar-refractivity contribution >= 4 is 17.4 Å². The molecule has 84 valence electrons. The van der Waals surface area contributed by atoms with Crippen LogP contribution in [0.2, 0.25) is 0 Å². The summed E-state index contributed by atoms with van der Waals surface area (Å²) < 4.78 is 18.1. The molecular formula is C10H10FN3OS. The van der Waals surface area contributed by atoms with Gasteiger partial charge < -0.3 is 10.2 Å². The van der Waals surface area contributed by atoms with Gasteiger partial charge in [0, 0.05) is 18.4 Å². The molecule has 0 bridgehead atoms. The third-order valence-corrected chi connectivity index (χ3v) is 2.83. The lowest BCUT2D eigenvalue weighted by molar-refractivity contribution is 0.429. The molecule has 1 aromatic heterocycles. The number of hydrogen-bond donors (Lipinski definition) is 1. The second-order valence-electron chi connectivity index (χ2n) is 3.22. The first-order chi connectivity index (χ1) is 7.65. The highest BCUT2D eigenvalue weighted by molar-refractivity contribution is 7.98. The first-order valence-corrected chi connectivity index (χ1v) is 5.60. The number of rotatable bonds is 3. The largest absolute Gasteiger partial charge is 0.416 e. The van der Waals surface area contributed by atoms with Gasteiger partial charge in [-0.1, -0.05) is 11.8 Å². The van der Waals surface area contributed by atoms with Gasteiger partial charge in [-0.05, 0) is 23.8 Å². The number of nitrogens with zero attached hydrogens (tertiary/aromatic N) is 2. The summed E-state index contributed by atoms with van der Waals surface area (Å²) in [7, 11) is 0. The van der Waals surface area contributed by atoms with Gasteiger partial charge in [0.15, 0.2) is 0 Å². The highest BCUT2D eigenvalue weighted by atomic mass is 32.2. The summed E-state index contributed by atoms with van der Waals surface area (Å²) in [6, 6.07) is 4.29. The van der Waals surface area contributed by atoms with E-state index in [1.807, 2.05) is 0 Å². The third-order valence-electron chi connectivity index (χ3n) is 1.96. The molecule has 0 radical (unpaired) electrons. The Balaban J connectivity index is 2.07. The number of aromatic nitrogens is 2. The molecule has 0 spiro atoms. The number of benzene rings is 1. The Morgan fingerprint density at radius 1 is 1.44 bits per heavy atom. The summed E-state index contributed by atoms with van der Waals surface area (Å²) in [5.74, 6) is 0.715. The van der Waals surface area contributed by atoms with Gasteiger partial charge in [0.1, 0.15) is 5.82 Å². The Morgan fingerprint density at radius 3 is 2.94 bits per heavy atom. The Hall–Kier alpha value is -1.56. The number of anilines is 1. The van der Waals surface area contributed by atoms with Gasteiger partial charge in [-0.3, -0.25) is 0 Å². The summed E-state index contributed by atoms with van der Waals surface area (Å²) in [6.07, 6.45) is 0. The van der Waals surface area contributed by atoms with Gasteiger partial charge in [-0.15, -0.1) is 10.2 Å². The minimum Gasteiger partial charge on any atom is -0.416 e. The fourth-order valence-electron chi connectivity index (χ4n) is 1.18. The van der Waals surface area contributed by atoms with E-state index in [4.69, 9.17) is 10.2 Å². The van der Waals surface area contributed by atoms with Crippen LogP contribution in [0.3, 0.4) is 0 Å². The molecule has 0 fully saturated rings. The normalized spacial score (nSPS) is 10.6. The van der Waals surface area contributed by atoms with Crippen LogP contribution in [0.25, 0.3) is 0 Å². The van der Waals surface area contributed by atoms with Crippen LogP contribution in [0.1, 0.15) is 11.5 Å². The highest BCUT2D eigenvalue weighted by Gasteiger charge is 2.06. The molecular weight excluding hydrogens is 229 g/mol. The summed E-state index contributed by atoms with van der Waals surface area (Å²) >= 11 is 1.33. The minimum atomic E-state index is -0.300. The molecule has 1 heterocycles. The molecule has 0 saturated carbocycles. The Labute approximate surface area is 96.0 Å². The molecule has 2 aromatic rings. The Kier molecular flexibility index (Phi) is 3.09. The van der Waals surface area contributed by atoms with Crippen molar-refractivity contribution < 1.29 is 8.81 Å². The molecule has 0 atom stereocenters. The zero-order valence-corrected chi connectivity index (χ0v) is 9.42. The van der Waals surface area contributed by atoms with Crippen molar-refractivity contribution in [3.8, 4) is 0 Å². The third kappa shape index (κ3) is 2.52. The van der Waals surface area contributed by atoms with Gasteiger partial charge in [0.2, 0.25) is 5.89 Å². The monoisotopic (exact) mass is 239 g/mol. The van der Waals surface area contributed by atoms with Crippen LogP contribution < -0.4 is 5.73 Å². The van der Waals surface area contributed by atoms with Crippen molar-refractivity contribution in [1.82, 2.24) is 10.2 Å². The van der Waals surface area contributed by atoms with Crippen molar-refractivity contribution in [2.45, 2.75) is 17.9 Å². The number of thioether (sulfide) groups is 1. The second-order valence-corrected chi connectivity index (χ2v) is 4.15.